The van der Waals surface area contributed by atoms with E-state index in [9.17, 15) is 4.79 Å². The minimum Gasteiger partial charge on any atom is -0.497 e. The normalized spacial score (nSPS) is 10.9. The van der Waals surface area contributed by atoms with E-state index in [1.54, 1.807) is 30.0 Å². The van der Waals surface area contributed by atoms with Gasteiger partial charge in [-0.15, -0.1) is 0 Å². The zero-order valence-electron chi connectivity index (χ0n) is 16.8. The van der Waals surface area contributed by atoms with Crippen LogP contribution in [0.5, 0.6) is 5.75 Å². The summed E-state index contributed by atoms with van der Waals surface area (Å²) in [4.78, 5) is 12.4. The van der Waals surface area contributed by atoms with Crippen molar-refractivity contribution >= 4 is 29.3 Å². The largest absolute Gasteiger partial charge is 0.497 e. The number of nitrogens with one attached hydrogen (secondary N) is 1. The Bertz CT molecular complexity index is 1220. The van der Waals surface area contributed by atoms with Crippen LogP contribution in [0.15, 0.2) is 91.1 Å². The topological polar surface area (TPSA) is 56.2 Å². The van der Waals surface area contributed by atoms with Crippen LogP contribution in [0, 0.1) is 0 Å². The molecule has 0 fully saturated rings. The van der Waals surface area contributed by atoms with E-state index in [4.69, 9.17) is 21.4 Å². The first-order valence-corrected chi connectivity index (χ1v) is 10.0. The van der Waals surface area contributed by atoms with Crippen LogP contribution in [-0.2, 0) is 4.79 Å². The molecule has 1 aromatic heterocycles. The van der Waals surface area contributed by atoms with E-state index in [2.05, 4.69) is 5.32 Å². The highest BCUT2D eigenvalue weighted by molar-refractivity contribution is 6.33. The number of hydrogen-bond donors (Lipinski definition) is 1. The number of nitrogens with zero attached hydrogens (tertiary/aromatic N) is 2. The van der Waals surface area contributed by atoms with Crippen LogP contribution in [-0.4, -0.2) is 22.8 Å². The van der Waals surface area contributed by atoms with E-state index in [1.165, 1.54) is 6.08 Å². The SMILES string of the molecule is COc1ccc(-c2nn(-c3ccccc3)cc2C=CC(=O)Nc2ccccc2Cl)cc1. The summed E-state index contributed by atoms with van der Waals surface area (Å²) in [6.07, 6.45) is 5.12. The first kappa shape index (κ1) is 20.4. The van der Waals surface area contributed by atoms with Crippen molar-refractivity contribution in [3.8, 4) is 22.7 Å². The molecular formula is C25H20ClN3O2. The summed E-state index contributed by atoms with van der Waals surface area (Å²) in [5.74, 6) is 0.490. The number of rotatable bonds is 6. The molecule has 0 atom stereocenters. The number of carbonyl (C=O) groups is 1. The summed E-state index contributed by atoms with van der Waals surface area (Å²) in [6, 6.07) is 24.6. The van der Waals surface area contributed by atoms with E-state index in [0.717, 1.165) is 28.3 Å². The highest BCUT2D eigenvalue weighted by atomic mass is 35.5. The zero-order chi connectivity index (χ0) is 21.6. The highest BCUT2D eigenvalue weighted by Crippen LogP contribution is 2.27. The minimum atomic E-state index is -0.277. The maximum Gasteiger partial charge on any atom is 0.248 e. The van der Waals surface area contributed by atoms with E-state index in [0.29, 0.717) is 10.7 Å². The van der Waals surface area contributed by atoms with Gasteiger partial charge in [0.05, 0.1) is 29.2 Å². The molecule has 1 heterocycles. The number of aromatic nitrogens is 2. The van der Waals surface area contributed by atoms with E-state index >= 15 is 0 Å². The average Bonchev–Trinajstić information content (AvgIpc) is 3.24. The number of amides is 1. The summed E-state index contributed by atoms with van der Waals surface area (Å²) in [6.45, 7) is 0. The molecule has 0 spiro atoms. The van der Waals surface area contributed by atoms with Gasteiger partial charge in [-0.25, -0.2) is 4.68 Å². The van der Waals surface area contributed by atoms with Gasteiger partial charge in [0, 0.05) is 23.4 Å². The summed E-state index contributed by atoms with van der Waals surface area (Å²) in [7, 11) is 1.63. The molecule has 0 bridgehead atoms. The predicted molar refractivity (Wildman–Crippen MR) is 125 cm³/mol. The number of methoxy groups -OCH3 is 1. The van der Waals surface area contributed by atoms with Gasteiger partial charge in [0.25, 0.3) is 0 Å². The van der Waals surface area contributed by atoms with Crippen molar-refractivity contribution in [3.63, 3.8) is 0 Å². The standard InChI is InChI=1S/C25H20ClN3O2/c1-31-21-14-11-18(12-15-21)25-19(17-29(28-25)20-7-3-2-4-8-20)13-16-24(30)27-23-10-6-5-9-22(23)26/h2-17H,1H3,(H,27,30). The van der Waals surface area contributed by atoms with E-state index < -0.39 is 0 Å². The minimum absolute atomic E-state index is 0.277. The van der Waals surface area contributed by atoms with Crippen molar-refractivity contribution in [2.24, 2.45) is 0 Å². The van der Waals surface area contributed by atoms with E-state index in [-0.39, 0.29) is 5.91 Å². The lowest BCUT2D eigenvalue weighted by atomic mass is 10.1. The number of halogens is 1. The second-order valence-corrected chi connectivity index (χ2v) is 7.15. The molecule has 0 aliphatic carbocycles. The second-order valence-electron chi connectivity index (χ2n) is 6.74. The number of ether oxygens (including phenoxy) is 1. The molecule has 1 N–H and O–H groups in total. The molecule has 4 rings (SSSR count). The number of carbonyl (C=O) groups excluding carboxylic acids is 1. The molecule has 6 heteroatoms. The van der Waals surface area contributed by atoms with Crippen LogP contribution in [0.4, 0.5) is 5.69 Å². The van der Waals surface area contributed by atoms with Crippen molar-refractivity contribution in [3.05, 3.63) is 102 Å². The molecule has 31 heavy (non-hydrogen) atoms. The van der Waals surface area contributed by atoms with Crippen LogP contribution in [0.3, 0.4) is 0 Å². The molecule has 0 radical (unpaired) electrons. The molecule has 4 aromatic rings. The van der Waals surface area contributed by atoms with Crippen molar-refractivity contribution < 1.29 is 9.53 Å². The Balaban J connectivity index is 1.66. The van der Waals surface area contributed by atoms with Crippen LogP contribution < -0.4 is 10.1 Å². The lowest BCUT2D eigenvalue weighted by Gasteiger charge is -2.04. The van der Waals surface area contributed by atoms with Gasteiger partial charge in [-0.1, -0.05) is 41.9 Å². The van der Waals surface area contributed by atoms with Crippen LogP contribution in [0.2, 0.25) is 5.02 Å². The first-order valence-electron chi connectivity index (χ1n) is 9.67. The van der Waals surface area contributed by atoms with Crippen molar-refractivity contribution in [2.45, 2.75) is 0 Å². The third kappa shape index (κ3) is 4.85. The molecule has 154 valence electrons. The van der Waals surface area contributed by atoms with Crippen LogP contribution in [0.25, 0.3) is 23.0 Å². The smallest absolute Gasteiger partial charge is 0.248 e. The molecule has 0 aliphatic heterocycles. The maximum absolute atomic E-state index is 12.4. The third-order valence-corrected chi connectivity index (χ3v) is 5.00. The predicted octanol–water partition coefficient (Wildman–Crippen LogP) is 5.85. The fourth-order valence-corrected chi connectivity index (χ4v) is 3.28. The van der Waals surface area contributed by atoms with E-state index in [1.807, 2.05) is 72.9 Å². The molecule has 0 saturated heterocycles. The Kier molecular flexibility index (Phi) is 6.15. The number of para-hydroxylation sites is 2. The zero-order valence-corrected chi connectivity index (χ0v) is 17.6. The summed E-state index contributed by atoms with van der Waals surface area (Å²) < 4.78 is 7.05. The number of hydrogen-bond acceptors (Lipinski definition) is 3. The van der Waals surface area contributed by atoms with Gasteiger partial charge in [0.15, 0.2) is 0 Å². The molecule has 0 unspecified atom stereocenters. The number of benzene rings is 3. The third-order valence-electron chi connectivity index (χ3n) is 4.67. The summed E-state index contributed by atoms with van der Waals surface area (Å²) >= 11 is 6.12. The monoisotopic (exact) mass is 429 g/mol. The van der Waals surface area contributed by atoms with Crippen molar-refractivity contribution in [2.75, 3.05) is 12.4 Å². The fraction of sp³-hybridized carbons (Fsp3) is 0.0400. The summed E-state index contributed by atoms with van der Waals surface area (Å²) in [5.41, 5.74) is 3.98. The van der Waals surface area contributed by atoms with Crippen molar-refractivity contribution in [1.82, 2.24) is 9.78 Å². The second kappa shape index (κ2) is 9.32. The average molecular weight is 430 g/mol. The van der Waals surface area contributed by atoms with Gasteiger partial charge in [0.2, 0.25) is 5.91 Å². The summed E-state index contributed by atoms with van der Waals surface area (Å²) in [5, 5.41) is 8.03. The van der Waals surface area contributed by atoms with Gasteiger partial charge in [-0.3, -0.25) is 4.79 Å². The molecule has 0 saturated carbocycles. The molecular weight excluding hydrogens is 410 g/mol. The maximum atomic E-state index is 12.4. The Morgan fingerprint density at radius 1 is 1.00 bits per heavy atom. The van der Waals surface area contributed by atoms with Crippen LogP contribution >= 0.6 is 11.6 Å². The Hall–Kier alpha value is -3.83. The molecule has 1 amide bonds. The van der Waals surface area contributed by atoms with Gasteiger partial charge in [-0.05, 0) is 54.6 Å². The Morgan fingerprint density at radius 2 is 1.71 bits per heavy atom. The lowest BCUT2D eigenvalue weighted by Crippen LogP contribution is -2.07. The molecule has 0 aliphatic rings. The Morgan fingerprint density at radius 3 is 2.42 bits per heavy atom. The van der Waals surface area contributed by atoms with Gasteiger partial charge in [-0.2, -0.15) is 5.10 Å². The quantitative estimate of drug-likeness (QED) is 0.391. The van der Waals surface area contributed by atoms with Crippen LogP contribution in [0.1, 0.15) is 5.56 Å². The van der Waals surface area contributed by atoms with Gasteiger partial charge in [0.1, 0.15) is 5.75 Å². The number of anilines is 1. The van der Waals surface area contributed by atoms with Crippen molar-refractivity contribution in [1.29, 1.82) is 0 Å². The molecule has 5 nitrogen and oxygen atoms in total. The highest BCUT2D eigenvalue weighted by Gasteiger charge is 2.11. The van der Waals surface area contributed by atoms with Gasteiger partial charge >= 0.3 is 0 Å². The first-order chi connectivity index (χ1) is 15.1. The molecule has 3 aromatic carbocycles. The fourth-order valence-electron chi connectivity index (χ4n) is 3.10. The Labute approximate surface area is 185 Å². The van der Waals surface area contributed by atoms with Gasteiger partial charge < -0.3 is 10.1 Å². The lowest BCUT2D eigenvalue weighted by molar-refractivity contribution is -0.111.